The van der Waals surface area contributed by atoms with Crippen molar-refractivity contribution in [3.63, 3.8) is 0 Å². The molecule has 1 saturated carbocycles. The summed E-state index contributed by atoms with van der Waals surface area (Å²) < 4.78 is 7.80. The van der Waals surface area contributed by atoms with Gasteiger partial charge in [0.25, 0.3) is 0 Å². The highest BCUT2D eigenvalue weighted by Gasteiger charge is 2.21. The lowest BCUT2D eigenvalue weighted by molar-refractivity contribution is -0.0383. The summed E-state index contributed by atoms with van der Waals surface area (Å²) in [7, 11) is 0. The fourth-order valence-corrected chi connectivity index (χ4v) is 3.71. The van der Waals surface area contributed by atoms with E-state index in [9.17, 15) is 10.2 Å². The first-order chi connectivity index (χ1) is 16.0. The maximum Gasteiger partial charge on any atom is 0.222 e. The molecule has 2 unspecified atom stereocenters. The Morgan fingerprint density at radius 2 is 1.94 bits per heavy atom. The van der Waals surface area contributed by atoms with Crippen LogP contribution in [0.2, 0.25) is 0 Å². The molecule has 0 spiro atoms. The summed E-state index contributed by atoms with van der Waals surface area (Å²) in [5.41, 5.74) is 7.22. The quantitative estimate of drug-likeness (QED) is 0.445. The lowest BCUT2D eigenvalue weighted by Gasteiger charge is -2.24. The molecule has 0 amide bonds. The van der Waals surface area contributed by atoms with Crippen LogP contribution in [-0.4, -0.2) is 55.3 Å². The number of aromatic nitrogens is 4. The Morgan fingerprint density at radius 3 is 2.61 bits per heavy atom. The normalized spacial score (nSPS) is 19.8. The number of aliphatic hydroxyl groups excluding tert-OH is 1. The van der Waals surface area contributed by atoms with Crippen LogP contribution in [0.1, 0.15) is 58.1 Å². The number of nitrogens with one attached hydrogen (secondary N) is 1. The van der Waals surface area contributed by atoms with Crippen molar-refractivity contribution < 1.29 is 14.9 Å². The first kappa shape index (κ1) is 23.4. The Balaban J connectivity index is 0.000000586. The smallest absolute Gasteiger partial charge is 0.222 e. The van der Waals surface area contributed by atoms with Crippen molar-refractivity contribution in [2.24, 2.45) is 0 Å². The van der Waals surface area contributed by atoms with Gasteiger partial charge in [0, 0.05) is 30.3 Å². The van der Waals surface area contributed by atoms with Crippen LogP contribution in [0.15, 0.2) is 30.5 Å². The number of ether oxygens (including phenoxy) is 1. The predicted octanol–water partition coefficient (Wildman–Crippen LogP) is 3.49. The van der Waals surface area contributed by atoms with Crippen molar-refractivity contribution in [1.29, 1.82) is 0 Å². The molecule has 0 radical (unpaired) electrons. The molecule has 9 heteroatoms. The van der Waals surface area contributed by atoms with Gasteiger partial charge >= 0.3 is 0 Å². The third kappa shape index (κ3) is 5.79. The number of nitrogens with zero attached hydrogens (tertiary/aromatic N) is 4. The average molecular weight is 455 g/mol. The molecule has 1 aromatic carbocycles. The molecule has 2 atom stereocenters. The lowest BCUT2D eigenvalue weighted by Crippen LogP contribution is -2.37. The van der Waals surface area contributed by atoms with Crippen LogP contribution in [0.5, 0.6) is 0 Å². The van der Waals surface area contributed by atoms with Crippen molar-refractivity contribution in [3.05, 3.63) is 30.5 Å². The van der Waals surface area contributed by atoms with Crippen LogP contribution in [0, 0.1) is 0 Å². The summed E-state index contributed by atoms with van der Waals surface area (Å²) >= 11 is 0. The molecule has 3 heterocycles. The second kappa shape index (κ2) is 10.5. The average Bonchev–Trinajstić information content (AvgIpc) is 3.26. The van der Waals surface area contributed by atoms with Crippen molar-refractivity contribution in [2.75, 3.05) is 30.8 Å². The van der Waals surface area contributed by atoms with Crippen molar-refractivity contribution in [2.45, 2.75) is 63.7 Å². The van der Waals surface area contributed by atoms with Crippen LogP contribution in [0.25, 0.3) is 22.2 Å². The van der Waals surface area contributed by atoms with E-state index >= 15 is 0 Å². The van der Waals surface area contributed by atoms with Gasteiger partial charge in [-0.25, -0.2) is 9.67 Å². The Morgan fingerprint density at radius 1 is 1.15 bits per heavy atom. The minimum Gasteiger partial charge on any atom is -0.393 e. The zero-order valence-electron chi connectivity index (χ0n) is 19.2. The largest absolute Gasteiger partial charge is 0.393 e. The first-order valence-corrected chi connectivity index (χ1v) is 11.8. The fourth-order valence-electron chi connectivity index (χ4n) is 3.71. The monoisotopic (exact) mass is 454 g/mol. The zero-order valence-corrected chi connectivity index (χ0v) is 19.2. The van der Waals surface area contributed by atoms with E-state index in [1.165, 1.54) is 25.7 Å². The molecular weight excluding hydrogens is 420 g/mol. The van der Waals surface area contributed by atoms with Gasteiger partial charge in [0.2, 0.25) is 5.95 Å². The van der Waals surface area contributed by atoms with E-state index in [1.807, 2.05) is 28.9 Å². The molecule has 1 saturated heterocycles. The standard InChI is InChI=1S/C20H26N6O3.C4H8/c1-20(28,12-27)11-22-18-14-6-5-13(10-15(14)24-19(21)25-18)16-7-8-23-26(16)17-4-2-3-9-29-17;1-2-4-3-1/h5-8,10,17,27-28H,2-4,9,11-12H2,1H3,(H3,21,22,24,25);1-4H2. The number of fused-ring (bicyclic) bond motifs is 1. The summed E-state index contributed by atoms with van der Waals surface area (Å²) in [6, 6.07) is 7.80. The highest BCUT2D eigenvalue weighted by atomic mass is 16.5. The van der Waals surface area contributed by atoms with E-state index in [0.29, 0.717) is 11.3 Å². The highest BCUT2D eigenvalue weighted by molar-refractivity contribution is 5.92. The number of benzene rings is 1. The molecule has 33 heavy (non-hydrogen) atoms. The number of aliphatic hydroxyl groups is 2. The molecule has 2 aromatic heterocycles. The van der Waals surface area contributed by atoms with Gasteiger partial charge in [0.1, 0.15) is 11.4 Å². The van der Waals surface area contributed by atoms with Gasteiger partial charge in [-0.05, 0) is 44.4 Å². The van der Waals surface area contributed by atoms with Gasteiger partial charge in [0.05, 0.1) is 17.8 Å². The van der Waals surface area contributed by atoms with E-state index < -0.39 is 5.60 Å². The Bertz CT molecular complexity index is 1050. The van der Waals surface area contributed by atoms with E-state index in [0.717, 1.165) is 42.5 Å². The molecular formula is C24H34N6O3. The van der Waals surface area contributed by atoms with E-state index in [-0.39, 0.29) is 25.3 Å². The van der Waals surface area contributed by atoms with Crippen molar-refractivity contribution >= 4 is 22.7 Å². The lowest BCUT2D eigenvalue weighted by atomic mass is 10.0. The molecule has 5 rings (SSSR count). The van der Waals surface area contributed by atoms with Crippen LogP contribution in [0.4, 0.5) is 11.8 Å². The van der Waals surface area contributed by atoms with Crippen LogP contribution < -0.4 is 11.1 Å². The molecule has 2 aliphatic rings. The summed E-state index contributed by atoms with van der Waals surface area (Å²) in [5.74, 6) is 0.641. The number of nitrogen functional groups attached to an aromatic ring is 1. The second-order valence-electron chi connectivity index (χ2n) is 9.07. The first-order valence-electron chi connectivity index (χ1n) is 11.8. The zero-order chi connectivity index (χ0) is 23.3. The van der Waals surface area contributed by atoms with Crippen LogP contribution in [-0.2, 0) is 4.74 Å². The number of nitrogens with two attached hydrogens (primary N) is 1. The van der Waals surface area contributed by atoms with Crippen LogP contribution >= 0.6 is 0 Å². The fraction of sp³-hybridized carbons (Fsp3) is 0.542. The number of anilines is 2. The van der Waals surface area contributed by atoms with Gasteiger partial charge in [0.15, 0.2) is 6.23 Å². The Labute approximate surface area is 194 Å². The van der Waals surface area contributed by atoms with Crippen molar-refractivity contribution in [1.82, 2.24) is 19.7 Å². The van der Waals surface area contributed by atoms with Crippen molar-refractivity contribution in [3.8, 4) is 11.3 Å². The third-order valence-electron chi connectivity index (χ3n) is 6.09. The van der Waals surface area contributed by atoms with Crippen LogP contribution in [0.3, 0.4) is 0 Å². The molecule has 5 N–H and O–H groups in total. The van der Waals surface area contributed by atoms with Gasteiger partial charge < -0.3 is 26.0 Å². The van der Waals surface area contributed by atoms with E-state index in [4.69, 9.17) is 10.5 Å². The molecule has 1 aliphatic heterocycles. The van der Waals surface area contributed by atoms with Gasteiger partial charge in [-0.15, -0.1) is 0 Å². The van der Waals surface area contributed by atoms with E-state index in [1.54, 1.807) is 13.1 Å². The Hall–Kier alpha value is -2.75. The van der Waals surface area contributed by atoms with Gasteiger partial charge in [-0.1, -0.05) is 31.7 Å². The summed E-state index contributed by atoms with van der Waals surface area (Å²) in [6.45, 7) is 2.05. The highest BCUT2D eigenvalue weighted by Crippen LogP contribution is 2.31. The van der Waals surface area contributed by atoms with Gasteiger partial charge in [-0.3, -0.25) is 0 Å². The summed E-state index contributed by atoms with van der Waals surface area (Å²) in [5, 5.41) is 27.6. The summed E-state index contributed by atoms with van der Waals surface area (Å²) in [6.07, 6.45) is 10.9. The number of hydrogen-bond acceptors (Lipinski definition) is 8. The maximum absolute atomic E-state index is 10.0. The minimum atomic E-state index is -1.27. The van der Waals surface area contributed by atoms with E-state index in [2.05, 4.69) is 20.4 Å². The SMILES string of the molecule is C1CCC1.CC(O)(CO)CNc1nc(N)nc2cc(-c3ccnn3C3CCCCO3)ccc12. The minimum absolute atomic E-state index is 0.0575. The van der Waals surface area contributed by atoms with Gasteiger partial charge in [-0.2, -0.15) is 10.1 Å². The molecule has 178 valence electrons. The Kier molecular flexibility index (Phi) is 7.42. The molecule has 9 nitrogen and oxygen atoms in total. The topological polar surface area (TPSA) is 131 Å². The molecule has 2 fully saturated rings. The maximum atomic E-state index is 10.0. The third-order valence-corrected chi connectivity index (χ3v) is 6.09. The molecule has 3 aromatic rings. The second-order valence-corrected chi connectivity index (χ2v) is 9.07. The molecule has 0 bridgehead atoms. The molecule has 1 aliphatic carbocycles. The number of hydrogen-bond donors (Lipinski definition) is 4. The predicted molar refractivity (Wildman–Crippen MR) is 129 cm³/mol. The summed E-state index contributed by atoms with van der Waals surface area (Å²) in [4.78, 5) is 8.61. The number of rotatable bonds is 6.